The predicted octanol–water partition coefficient (Wildman–Crippen LogP) is 0.651. The number of likely N-dealkylation sites (tertiary alicyclic amines) is 1. The zero-order valence-electron chi connectivity index (χ0n) is 10.7. The van der Waals surface area contributed by atoms with Crippen LogP contribution in [0.2, 0.25) is 0 Å². The molecule has 98 valence electrons. The smallest absolute Gasteiger partial charge is 0.329 e. The van der Waals surface area contributed by atoms with E-state index in [1.165, 1.54) is 10.9 Å². The highest BCUT2D eigenvalue weighted by atomic mass is 16.2. The molecular formula is C12H18N4O2. The van der Waals surface area contributed by atoms with Crippen LogP contribution in [0, 0.1) is 5.92 Å². The summed E-state index contributed by atoms with van der Waals surface area (Å²) in [6, 6.07) is -0.0664. The lowest BCUT2D eigenvalue weighted by atomic mass is 9.96. The van der Waals surface area contributed by atoms with Crippen LogP contribution in [-0.4, -0.2) is 58.5 Å². The average Bonchev–Trinajstić information content (AvgIpc) is 2.91. The lowest BCUT2D eigenvalue weighted by Gasteiger charge is -2.32. The van der Waals surface area contributed by atoms with E-state index in [1.807, 2.05) is 0 Å². The third-order valence-electron chi connectivity index (χ3n) is 3.28. The van der Waals surface area contributed by atoms with Crippen molar-refractivity contribution in [2.75, 3.05) is 27.2 Å². The van der Waals surface area contributed by atoms with Crippen LogP contribution in [0.15, 0.2) is 18.7 Å². The minimum Gasteiger partial charge on any atom is -0.349 e. The number of aromatic nitrogens is 2. The Morgan fingerprint density at radius 1 is 1.28 bits per heavy atom. The van der Waals surface area contributed by atoms with Crippen molar-refractivity contribution in [2.45, 2.75) is 12.8 Å². The first-order valence-electron chi connectivity index (χ1n) is 6.08. The zero-order chi connectivity index (χ0) is 13.1. The Balaban J connectivity index is 1.91. The third-order valence-corrected chi connectivity index (χ3v) is 3.28. The first-order chi connectivity index (χ1) is 8.59. The Morgan fingerprint density at radius 2 is 1.94 bits per heavy atom. The average molecular weight is 250 g/mol. The van der Waals surface area contributed by atoms with Gasteiger partial charge in [-0.25, -0.2) is 9.78 Å². The summed E-state index contributed by atoms with van der Waals surface area (Å²) in [5.74, 6) is 0.205. The Labute approximate surface area is 106 Å². The molecule has 1 fully saturated rings. The maximum absolute atomic E-state index is 12.0. The molecule has 6 nitrogen and oxygen atoms in total. The number of carbonyl (C=O) groups excluding carboxylic acids is 2. The fourth-order valence-electron chi connectivity index (χ4n) is 2.22. The Bertz CT molecular complexity index is 419. The van der Waals surface area contributed by atoms with Gasteiger partial charge in [0, 0.05) is 45.5 Å². The molecular weight excluding hydrogens is 232 g/mol. The fourth-order valence-corrected chi connectivity index (χ4v) is 2.22. The van der Waals surface area contributed by atoms with Crippen molar-refractivity contribution in [2.24, 2.45) is 5.92 Å². The standard InChI is InChI=1S/C12H18N4O2/c1-14(2)11(17)10-3-6-15(7-4-10)12(18)16-8-5-13-9-16/h5,8-10H,3-4,6-7H2,1-2H3. The molecule has 2 amide bonds. The number of piperidine rings is 1. The number of hydrogen-bond donors (Lipinski definition) is 0. The van der Waals surface area contributed by atoms with E-state index in [4.69, 9.17) is 0 Å². The van der Waals surface area contributed by atoms with Crippen molar-refractivity contribution in [3.63, 3.8) is 0 Å². The highest BCUT2D eigenvalue weighted by Crippen LogP contribution is 2.19. The second-order valence-electron chi connectivity index (χ2n) is 4.75. The maximum Gasteiger partial charge on any atom is 0.329 e. The first kappa shape index (κ1) is 12.6. The van der Waals surface area contributed by atoms with E-state index in [0.29, 0.717) is 13.1 Å². The van der Waals surface area contributed by atoms with Gasteiger partial charge in [-0.1, -0.05) is 0 Å². The molecule has 1 aliphatic rings. The molecule has 1 aromatic rings. The predicted molar refractivity (Wildman–Crippen MR) is 66.0 cm³/mol. The molecule has 0 radical (unpaired) electrons. The van der Waals surface area contributed by atoms with E-state index in [9.17, 15) is 9.59 Å². The van der Waals surface area contributed by atoms with Crippen molar-refractivity contribution < 1.29 is 9.59 Å². The van der Waals surface area contributed by atoms with Gasteiger partial charge < -0.3 is 9.80 Å². The van der Waals surface area contributed by atoms with Crippen LogP contribution in [0.4, 0.5) is 4.79 Å². The third kappa shape index (κ3) is 2.52. The summed E-state index contributed by atoms with van der Waals surface area (Å²) in [6.07, 6.45) is 6.19. The van der Waals surface area contributed by atoms with Crippen molar-refractivity contribution in [3.05, 3.63) is 18.7 Å². The monoisotopic (exact) mass is 250 g/mol. The van der Waals surface area contributed by atoms with Gasteiger partial charge in [0.2, 0.25) is 5.91 Å². The number of rotatable bonds is 1. The summed E-state index contributed by atoms with van der Waals surface area (Å²) in [5.41, 5.74) is 0. The van der Waals surface area contributed by atoms with Gasteiger partial charge >= 0.3 is 6.03 Å². The topological polar surface area (TPSA) is 58.4 Å². The lowest BCUT2D eigenvalue weighted by Crippen LogP contribution is -2.44. The maximum atomic E-state index is 12.0. The van der Waals surface area contributed by atoms with Gasteiger partial charge in [0.1, 0.15) is 6.33 Å². The summed E-state index contributed by atoms with van der Waals surface area (Å²) in [5, 5.41) is 0. The van der Waals surface area contributed by atoms with Gasteiger partial charge in [0.05, 0.1) is 0 Å². The second kappa shape index (κ2) is 5.20. The summed E-state index contributed by atoms with van der Waals surface area (Å²) >= 11 is 0. The molecule has 0 aromatic carbocycles. The van der Waals surface area contributed by atoms with Gasteiger partial charge in [-0.3, -0.25) is 9.36 Å². The Kier molecular flexibility index (Phi) is 3.64. The highest BCUT2D eigenvalue weighted by Gasteiger charge is 2.28. The summed E-state index contributed by atoms with van der Waals surface area (Å²) in [4.78, 5) is 31.1. The molecule has 6 heteroatoms. The van der Waals surface area contributed by atoms with E-state index in [1.54, 1.807) is 36.3 Å². The first-order valence-corrected chi connectivity index (χ1v) is 6.08. The Hall–Kier alpha value is -1.85. The summed E-state index contributed by atoms with van der Waals surface area (Å²) < 4.78 is 1.47. The van der Waals surface area contributed by atoms with Crippen LogP contribution in [0.25, 0.3) is 0 Å². The normalized spacial score (nSPS) is 16.7. The van der Waals surface area contributed by atoms with Crippen molar-refractivity contribution in [1.29, 1.82) is 0 Å². The number of nitrogens with zero attached hydrogens (tertiary/aromatic N) is 4. The van der Waals surface area contributed by atoms with Crippen LogP contribution >= 0.6 is 0 Å². The molecule has 2 rings (SSSR count). The van der Waals surface area contributed by atoms with Crippen LogP contribution in [0.5, 0.6) is 0 Å². The molecule has 2 heterocycles. The summed E-state index contributed by atoms with van der Waals surface area (Å²) in [6.45, 7) is 1.25. The van der Waals surface area contributed by atoms with Gasteiger partial charge in [-0.15, -0.1) is 0 Å². The quantitative estimate of drug-likeness (QED) is 0.735. The molecule has 0 N–H and O–H groups in total. The van der Waals surface area contributed by atoms with Crippen LogP contribution in [0.3, 0.4) is 0 Å². The number of carbonyl (C=O) groups is 2. The molecule has 0 bridgehead atoms. The molecule has 0 aliphatic carbocycles. The SMILES string of the molecule is CN(C)C(=O)C1CCN(C(=O)n2ccnc2)CC1. The second-order valence-corrected chi connectivity index (χ2v) is 4.75. The lowest BCUT2D eigenvalue weighted by molar-refractivity contribution is -0.134. The van der Waals surface area contributed by atoms with Gasteiger partial charge in [0.25, 0.3) is 0 Å². The van der Waals surface area contributed by atoms with E-state index in [2.05, 4.69) is 4.98 Å². The molecule has 1 aliphatic heterocycles. The van der Waals surface area contributed by atoms with Crippen LogP contribution < -0.4 is 0 Å². The van der Waals surface area contributed by atoms with E-state index < -0.39 is 0 Å². The Morgan fingerprint density at radius 3 is 2.44 bits per heavy atom. The summed E-state index contributed by atoms with van der Waals surface area (Å²) in [7, 11) is 3.54. The highest BCUT2D eigenvalue weighted by molar-refractivity contribution is 5.80. The van der Waals surface area contributed by atoms with E-state index in [0.717, 1.165) is 12.8 Å². The molecule has 0 spiro atoms. The minimum absolute atomic E-state index is 0.0480. The van der Waals surface area contributed by atoms with Crippen molar-refractivity contribution >= 4 is 11.9 Å². The minimum atomic E-state index is -0.0664. The van der Waals surface area contributed by atoms with Crippen LogP contribution in [-0.2, 0) is 4.79 Å². The molecule has 0 unspecified atom stereocenters. The molecule has 18 heavy (non-hydrogen) atoms. The van der Waals surface area contributed by atoms with E-state index in [-0.39, 0.29) is 17.9 Å². The number of amides is 2. The molecule has 1 saturated heterocycles. The molecule has 0 atom stereocenters. The fraction of sp³-hybridized carbons (Fsp3) is 0.583. The largest absolute Gasteiger partial charge is 0.349 e. The van der Waals surface area contributed by atoms with Gasteiger partial charge in [-0.2, -0.15) is 0 Å². The number of hydrogen-bond acceptors (Lipinski definition) is 3. The molecule has 1 aromatic heterocycles. The number of imidazole rings is 1. The van der Waals surface area contributed by atoms with Crippen LogP contribution in [0.1, 0.15) is 12.8 Å². The van der Waals surface area contributed by atoms with Crippen molar-refractivity contribution in [3.8, 4) is 0 Å². The van der Waals surface area contributed by atoms with E-state index >= 15 is 0 Å². The molecule has 0 saturated carbocycles. The zero-order valence-corrected chi connectivity index (χ0v) is 10.7. The van der Waals surface area contributed by atoms with Crippen molar-refractivity contribution in [1.82, 2.24) is 19.4 Å². The van der Waals surface area contributed by atoms with Gasteiger partial charge in [-0.05, 0) is 12.8 Å². The van der Waals surface area contributed by atoms with Gasteiger partial charge in [0.15, 0.2) is 0 Å².